The average molecular weight is 254 g/mol. The standard InChI is InChI=1S/C10H14N4O4/c1-5-4-12-14-8(5)9(16)13-6(10(17)18)2-3-7(11)15/h4,6H,2-3H2,1H3,(H2,11,15)(H,12,14)(H,13,16)(H,17,18)/t6-/m0/s1. The Balaban J connectivity index is 2.67. The van der Waals surface area contributed by atoms with Gasteiger partial charge in [0.2, 0.25) is 5.91 Å². The molecule has 1 aromatic heterocycles. The fraction of sp³-hybridized carbons (Fsp3) is 0.400. The van der Waals surface area contributed by atoms with Crippen LogP contribution in [0.2, 0.25) is 0 Å². The maximum atomic E-state index is 11.7. The van der Waals surface area contributed by atoms with Crippen LogP contribution in [0.5, 0.6) is 0 Å². The number of H-pyrrole nitrogens is 1. The van der Waals surface area contributed by atoms with Gasteiger partial charge in [-0.1, -0.05) is 0 Å². The van der Waals surface area contributed by atoms with Crippen molar-refractivity contribution in [1.29, 1.82) is 0 Å². The molecule has 18 heavy (non-hydrogen) atoms. The number of carbonyl (C=O) groups excluding carboxylic acids is 2. The molecule has 1 atom stereocenters. The number of amides is 2. The second-order valence-electron chi connectivity index (χ2n) is 3.80. The van der Waals surface area contributed by atoms with Gasteiger partial charge in [-0.05, 0) is 18.9 Å². The van der Waals surface area contributed by atoms with Crippen LogP contribution < -0.4 is 11.1 Å². The van der Waals surface area contributed by atoms with Crippen LogP contribution in [0, 0.1) is 6.92 Å². The summed E-state index contributed by atoms with van der Waals surface area (Å²) < 4.78 is 0. The number of carboxylic acids is 1. The summed E-state index contributed by atoms with van der Waals surface area (Å²) in [6.07, 6.45) is 1.29. The van der Waals surface area contributed by atoms with Gasteiger partial charge in [-0.2, -0.15) is 5.10 Å². The summed E-state index contributed by atoms with van der Waals surface area (Å²) >= 11 is 0. The van der Waals surface area contributed by atoms with E-state index in [0.29, 0.717) is 5.56 Å². The summed E-state index contributed by atoms with van der Waals surface area (Å²) in [4.78, 5) is 33.2. The van der Waals surface area contributed by atoms with Gasteiger partial charge in [-0.3, -0.25) is 14.7 Å². The largest absolute Gasteiger partial charge is 0.480 e. The molecule has 2 amide bonds. The van der Waals surface area contributed by atoms with Gasteiger partial charge in [0.15, 0.2) is 0 Å². The average Bonchev–Trinajstić information content (AvgIpc) is 2.69. The van der Waals surface area contributed by atoms with Gasteiger partial charge in [-0.25, -0.2) is 4.79 Å². The minimum Gasteiger partial charge on any atom is -0.480 e. The van der Waals surface area contributed by atoms with Gasteiger partial charge in [0, 0.05) is 6.42 Å². The highest BCUT2D eigenvalue weighted by molar-refractivity contribution is 5.96. The molecule has 98 valence electrons. The lowest BCUT2D eigenvalue weighted by Gasteiger charge is -2.13. The van der Waals surface area contributed by atoms with Gasteiger partial charge in [0.1, 0.15) is 11.7 Å². The molecule has 0 saturated carbocycles. The van der Waals surface area contributed by atoms with Crippen molar-refractivity contribution < 1.29 is 19.5 Å². The third-order valence-electron chi connectivity index (χ3n) is 2.34. The molecule has 0 unspecified atom stereocenters. The predicted octanol–water partition coefficient (Wildman–Crippen LogP) is -0.833. The molecule has 0 aliphatic rings. The number of hydrogen-bond acceptors (Lipinski definition) is 4. The first kappa shape index (κ1) is 13.7. The number of aliphatic carboxylic acids is 1. The van der Waals surface area contributed by atoms with E-state index in [0.717, 1.165) is 0 Å². The molecule has 1 aromatic rings. The summed E-state index contributed by atoms with van der Waals surface area (Å²) in [5, 5.41) is 17.3. The fourth-order valence-corrected chi connectivity index (χ4v) is 1.35. The SMILES string of the molecule is Cc1cn[nH]c1C(=O)N[C@@H](CCC(N)=O)C(=O)O. The Labute approximate surface area is 103 Å². The van der Waals surface area contributed by atoms with Gasteiger partial charge in [-0.15, -0.1) is 0 Å². The zero-order valence-corrected chi connectivity index (χ0v) is 9.77. The highest BCUT2D eigenvalue weighted by Crippen LogP contribution is 2.04. The van der Waals surface area contributed by atoms with Gasteiger partial charge < -0.3 is 16.2 Å². The van der Waals surface area contributed by atoms with Gasteiger partial charge in [0.25, 0.3) is 5.91 Å². The molecule has 8 nitrogen and oxygen atoms in total. The number of aryl methyl sites for hydroxylation is 1. The van der Waals surface area contributed by atoms with E-state index in [-0.39, 0.29) is 18.5 Å². The zero-order chi connectivity index (χ0) is 13.7. The molecular formula is C10H14N4O4. The molecule has 0 saturated heterocycles. The van der Waals surface area contributed by atoms with E-state index >= 15 is 0 Å². The number of carboxylic acid groups (broad SMARTS) is 1. The molecule has 1 heterocycles. The Hall–Kier alpha value is -2.38. The molecule has 1 rings (SSSR count). The molecule has 0 aromatic carbocycles. The van der Waals surface area contributed by atoms with Crippen molar-refractivity contribution in [1.82, 2.24) is 15.5 Å². The topological polar surface area (TPSA) is 138 Å². The molecule has 8 heteroatoms. The minimum atomic E-state index is -1.22. The van der Waals surface area contributed by atoms with Crippen molar-refractivity contribution in [2.45, 2.75) is 25.8 Å². The molecule has 0 fully saturated rings. The lowest BCUT2D eigenvalue weighted by atomic mass is 10.1. The Kier molecular flexibility index (Phi) is 4.41. The lowest BCUT2D eigenvalue weighted by molar-refractivity contribution is -0.139. The normalized spacial score (nSPS) is 11.8. The summed E-state index contributed by atoms with van der Waals surface area (Å²) in [7, 11) is 0. The van der Waals surface area contributed by atoms with Gasteiger partial charge >= 0.3 is 5.97 Å². The monoisotopic (exact) mass is 254 g/mol. The second kappa shape index (κ2) is 5.80. The number of nitrogens with two attached hydrogens (primary N) is 1. The van der Waals surface area contributed by atoms with Crippen LogP contribution in [-0.4, -0.2) is 39.1 Å². The molecular weight excluding hydrogens is 240 g/mol. The number of aromatic nitrogens is 2. The van der Waals surface area contributed by atoms with Crippen LogP contribution in [0.15, 0.2) is 6.20 Å². The van der Waals surface area contributed by atoms with Crippen molar-refractivity contribution in [3.63, 3.8) is 0 Å². The van der Waals surface area contributed by atoms with Crippen LogP contribution in [0.4, 0.5) is 0 Å². The van der Waals surface area contributed by atoms with Crippen molar-refractivity contribution in [2.24, 2.45) is 5.73 Å². The summed E-state index contributed by atoms with van der Waals surface area (Å²) in [5.41, 5.74) is 5.73. The molecule has 0 aliphatic heterocycles. The second-order valence-corrected chi connectivity index (χ2v) is 3.80. The smallest absolute Gasteiger partial charge is 0.326 e. The Morgan fingerprint density at radius 1 is 1.56 bits per heavy atom. The first-order chi connectivity index (χ1) is 8.41. The number of primary amides is 1. The molecule has 0 spiro atoms. The van der Waals surface area contributed by atoms with Crippen LogP contribution in [0.25, 0.3) is 0 Å². The highest BCUT2D eigenvalue weighted by atomic mass is 16.4. The van der Waals surface area contributed by atoms with E-state index < -0.39 is 23.8 Å². The maximum Gasteiger partial charge on any atom is 0.326 e. The Bertz CT molecular complexity index is 468. The Morgan fingerprint density at radius 3 is 2.67 bits per heavy atom. The van der Waals surface area contributed by atoms with E-state index in [1.807, 2.05) is 0 Å². The first-order valence-corrected chi connectivity index (χ1v) is 5.23. The van der Waals surface area contributed by atoms with Crippen molar-refractivity contribution >= 4 is 17.8 Å². The van der Waals surface area contributed by atoms with E-state index in [2.05, 4.69) is 15.5 Å². The summed E-state index contributed by atoms with van der Waals surface area (Å²) in [5.74, 6) is -2.42. The number of carbonyl (C=O) groups is 3. The predicted molar refractivity (Wildman–Crippen MR) is 60.6 cm³/mol. The Morgan fingerprint density at radius 2 is 2.22 bits per heavy atom. The van der Waals surface area contributed by atoms with E-state index in [1.165, 1.54) is 6.20 Å². The summed E-state index contributed by atoms with van der Waals surface area (Å²) in [6.45, 7) is 1.66. The van der Waals surface area contributed by atoms with E-state index in [4.69, 9.17) is 10.8 Å². The first-order valence-electron chi connectivity index (χ1n) is 5.23. The lowest BCUT2D eigenvalue weighted by Crippen LogP contribution is -2.41. The van der Waals surface area contributed by atoms with Crippen LogP contribution in [-0.2, 0) is 9.59 Å². The third-order valence-corrected chi connectivity index (χ3v) is 2.34. The van der Waals surface area contributed by atoms with Crippen LogP contribution in [0.1, 0.15) is 28.9 Å². The summed E-state index contributed by atoms with van der Waals surface area (Å²) in [6, 6.07) is -1.16. The maximum absolute atomic E-state index is 11.7. The van der Waals surface area contributed by atoms with E-state index in [9.17, 15) is 14.4 Å². The number of nitrogens with one attached hydrogen (secondary N) is 2. The molecule has 0 aliphatic carbocycles. The van der Waals surface area contributed by atoms with Crippen LogP contribution in [0.3, 0.4) is 0 Å². The van der Waals surface area contributed by atoms with Gasteiger partial charge in [0.05, 0.1) is 6.20 Å². The molecule has 0 bridgehead atoms. The van der Waals surface area contributed by atoms with Crippen molar-refractivity contribution in [2.75, 3.05) is 0 Å². The number of hydrogen-bond donors (Lipinski definition) is 4. The van der Waals surface area contributed by atoms with Crippen molar-refractivity contribution in [3.05, 3.63) is 17.5 Å². The number of aromatic amines is 1. The third kappa shape index (κ3) is 3.58. The quantitative estimate of drug-likeness (QED) is 0.524. The zero-order valence-electron chi connectivity index (χ0n) is 9.77. The van der Waals surface area contributed by atoms with Crippen molar-refractivity contribution in [3.8, 4) is 0 Å². The number of rotatable bonds is 6. The molecule has 0 radical (unpaired) electrons. The van der Waals surface area contributed by atoms with Crippen LogP contribution >= 0.6 is 0 Å². The highest BCUT2D eigenvalue weighted by Gasteiger charge is 2.22. The minimum absolute atomic E-state index is 0.0520. The molecule has 5 N–H and O–H groups in total. The fourth-order valence-electron chi connectivity index (χ4n) is 1.35. The van der Waals surface area contributed by atoms with E-state index in [1.54, 1.807) is 6.92 Å². The number of nitrogens with zero attached hydrogens (tertiary/aromatic N) is 1.